The first-order chi connectivity index (χ1) is 10.7. The molecule has 2 saturated heterocycles. The summed E-state index contributed by atoms with van der Waals surface area (Å²) >= 11 is 0. The lowest BCUT2D eigenvalue weighted by Crippen LogP contribution is -2.44. The number of fused-ring (bicyclic) bond motifs is 4. The Morgan fingerprint density at radius 1 is 1.22 bits per heavy atom. The van der Waals surface area contributed by atoms with Crippen LogP contribution in [-0.2, 0) is 19.1 Å². The van der Waals surface area contributed by atoms with Crippen molar-refractivity contribution in [1.29, 1.82) is 0 Å². The van der Waals surface area contributed by atoms with E-state index in [1.54, 1.807) is 0 Å². The number of esters is 1. The zero-order valence-electron chi connectivity index (χ0n) is 13.7. The van der Waals surface area contributed by atoms with E-state index >= 15 is 0 Å². The van der Waals surface area contributed by atoms with Crippen molar-refractivity contribution in [3.05, 3.63) is 11.1 Å². The fraction of sp³-hybridized carbons (Fsp3) is 0.778. The van der Waals surface area contributed by atoms with Gasteiger partial charge in [0.15, 0.2) is 0 Å². The number of carboxylic acids is 1. The molecule has 4 bridgehead atoms. The summed E-state index contributed by atoms with van der Waals surface area (Å²) < 4.78 is 11.9. The van der Waals surface area contributed by atoms with Gasteiger partial charge in [0.1, 0.15) is 16.9 Å². The Labute approximate surface area is 134 Å². The third-order valence-corrected chi connectivity index (χ3v) is 8.83. The van der Waals surface area contributed by atoms with Gasteiger partial charge in [-0.2, -0.15) is 0 Å². The Bertz CT molecular complexity index is 780. The molecule has 3 aliphatic carbocycles. The summed E-state index contributed by atoms with van der Waals surface area (Å²) in [6.45, 7) is 8.39. The van der Waals surface area contributed by atoms with Crippen molar-refractivity contribution in [1.82, 2.24) is 0 Å². The Hall–Kier alpha value is -1.36. The first-order valence-corrected chi connectivity index (χ1v) is 8.50. The van der Waals surface area contributed by atoms with E-state index in [2.05, 4.69) is 13.8 Å². The molecule has 8 unspecified atom stereocenters. The van der Waals surface area contributed by atoms with E-state index in [9.17, 15) is 14.7 Å². The number of hydrogen-bond acceptors (Lipinski definition) is 4. The molecule has 0 aromatic carbocycles. The molecule has 0 amide bonds. The number of aliphatic carboxylic acids is 1. The first-order valence-electron chi connectivity index (χ1n) is 8.50. The van der Waals surface area contributed by atoms with Crippen molar-refractivity contribution in [2.24, 2.45) is 33.5 Å². The molecule has 3 heterocycles. The zero-order chi connectivity index (χ0) is 16.3. The Morgan fingerprint density at radius 2 is 1.87 bits per heavy atom. The van der Waals surface area contributed by atoms with Gasteiger partial charge in [0.2, 0.25) is 0 Å². The molecule has 5 heteroatoms. The van der Waals surface area contributed by atoms with Crippen LogP contribution in [0.15, 0.2) is 11.1 Å². The van der Waals surface area contributed by atoms with E-state index in [0.717, 1.165) is 17.6 Å². The molecule has 2 spiro atoms. The lowest BCUT2D eigenvalue weighted by atomic mass is 9.63. The van der Waals surface area contributed by atoms with Gasteiger partial charge in [-0.25, -0.2) is 0 Å². The third-order valence-electron chi connectivity index (χ3n) is 8.83. The SMILES string of the molecule is CC1=C(C)C2OC1C1(C(=O)O)C34C(=O)OC5CC(C(C)(C)C53)C214. The lowest BCUT2D eigenvalue weighted by molar-refractivity contribution is -0.158. The van der Waals surface area contributed by atoms with E-state index in [0.29, 0.717) is 0 Å². The predicted molar refractivity (Wildman–Crippen MR) is 77.2 cm³/mol. The van der Waals surface area contributed by atoms with Crippen LogP contribution in [0, 0.1) is 33.5 Å². The van der Waals surface area contributed by atoms with Crippen molar-refractivity contribution < 1.29 is 24.2 Å². The fourth-order valence-corrected chi connectivity index (χ4v) is 8.60. The molecule has 0 aromatic rings. The summed E-state index contributed by atoms with van der Waals surface area (Å²) in [5, 5.41) is 10.3. The number of carboxylic acid groups (broad SMARTS) is 1. The number of ether oxygens (including phenoxy) is 2. The molecule has 0 aromatic heterocycles. The Kier molecular flexibility index (Phi) is 1.62. The van der Waals surface area contributed by atoms with Crippen molar-refractivity contribution in [3.8, 4) is 0 Å². The van der Waals surface area contributed by atoms with Crippen LogP contribution in [0.4, 0.5) is 0 Å². The molecule has 5 nitrogen and oxygen atoms in total. The van der Waals surface area contributed by atoms with Gasteiger partial charge in [-0.05, 0) is 42.7 Å². The van der Waals surface area contributed by atoms with Crippen LogP contribution < -0.4 is 0 Å². The average Bonchev–Trinajstić information content (AvgIpc) is 2.79. The van der Waals surface area contributed by atoms with E-state index in [1.807, 2.05) is 13.8 Å². The van der Waals surface area contributed by atoms with Crippen LogP contribution in [0.3, 0.4) is 0 Å². The normalized spacial score (nSPS) is 61.7. The van der Waals surface area contributed by atoms with Gasteiger partial charge in [0.25, 0.3) is 0 Å². The third kappa shape index (κ3) is 0.722. The van der Waals surface area contributed by atoms with E-state index in [-0.39, 0.29) is 35.4 Å². The fourth-order valence-electron chi connectivity index (χ4n) is 8.60. The second kappa shape index (κ2) is 2.87. The van der Waals surface area contributed by atoms with E-state index < -0.39 is 28.3 Å². The highest BCUT2D eigenvalue weighted by Crippen LogP contribution is 3.02. The minimum atomic E-state index is -1.10. The number of rotatable bonds is 1. The maximum atomic E-state index is 13.0. The molecule has 0 radical (unpaired) electrons. The highest BCUT2D eigenvalue weighted by Gasteiger charge is 3.12. The quantitative estimate of drug-likeness (QED) is 0.589. The minimum absolute atomic E-state index is 0.0104. The highest BCUT2D eigenvalue weighted by atomic mass is 16.6. The van der Waals surface area contributed by atoms with Crippen LogP contribution in [0.2, 0.25) is 0 Å². The number of carbonyl (C=O) groups is 2. The highest BCUT2D eigenvalue weighted by molar-refractivity contribution is 6.03. The first kappa shape index (κ1) is 13.0. The van der Waals surface area contributed by atoms with E-state index in [4.69, 9.17) is 9.47 Å². The lowest BCUT2D eigenvalue weighted by Gasteiger charge is -2.37. The maximum absolute atomic E-state index is 13.0. The van der Waals surface area contributed by atoms with Gasteiger partial charge in [-0.15, -0.1) is 0 Å². The number of carbonyl (C=O) groups excluding carboxylic acids is 1. The van der Waals surface area contributed by atoms with Gasteiger partial charge in [0, 0.05) is 11.3 Å². The Balaban J connectivity index is 1.74. The molecule has 23 heavy (non-hydrogen) atoms. The zero-order valence-corrected chi connectivity index (χ0v) is 13.7. The molecule has 5 fully saturated rings. The topological polar surface area (TPSA) is 72.8 Å². The van der Waals surface area contributed by atoms with Gasteiger partial charge >= 0.3 is 11.9 Å². The molecule has 3 aliphatic heterocycles. The summed E-state index contributed by atoms with van der Waals surface area (Å²) in [7, 11) is 0. The van der Waals surface area contributed by atoms with Crippen LogP contribution in [0.5, 0.6) is 0 Å². The van der Waals surface area contributed by atoms with Gasteiger partial charge in [-0.3, -0.25) is 9.59 Å². The molecular weight excluding hydrogens is 296 g/mol. The summed E-state index contributed by atoms with van der Waals surface area (Å²) in [6, 6.07) is 0. The van der Waals surface area contributed by atoms with Crippen LogP contribution >= 0.6 is 0 Å². The molecule has 6 aliphatic rings. The second-order valence-electron chi connectivity index (χ2n) is 9.08. The van der Waals surface area contributed by atoms with Crippen molar-refractivity contribution in [3.63, 3.8) is 0 Å². The summed E-state index contributed by atoms with van der Waals surface area (Å²) in [6.07, 6.45) is -0.00559. The Morgan fingerprint density at radius 3 is 2.52 bits per heavy atom. The summed E-state index contributed by atoms with van der Waals surface area (Å²) in [4.78, 5) is 25.6. The van der Waals surface area contributed by atoms with Crippen molar-refractivity contribution in [2.75, 3.05) is 0 Å². The van der Waals surface area contributed by atoms with Crippen LogP contribution in [0.1, 0.15) is 34.1 Å². The summed E-state index contributed by atoms with van der Waals surface area (Å²) in [5.74, 6) is -0.938. The molecule has 1 N–H and O–H groups in total. The molecule has 8 atom stereocenters. The van der Waals surface area contributed by atoms with Crippen molar-refractivity contribution in [2.45, 2.75) is 52.4 Å². The van der Waals surface area contributed by atoms with Crippen molar-refractivity contribution >= 4 is 11.9 Å². The minimum Gasteiger partial charge on any atom is -0.481 e. The van der Waals surface area contributed by atoms with Gasteiger partial charge in [-0.1, -0.05) is 13.8 Å². The standard InChI is InChI=1S/C18H20O5/c1-6-7(2)12-18(13(19)20)16(11(6)23-12)9-5-8-10(15(9,3)4)17(16,18)14(21)22-8/h8-12H,5H2,1-4H3,(H,19,20). The van der Waals surface area contributed by atoms with Crippen LogP contribution in [-0.4, -0.2) is 35.4 Å². The van der Waals surface area contributed by atoms with E-state index in [1.165, 1.54) is 0 Å². The van der Waals surface area contributed by atoms with Gasteiger partial charge < -0.3 is 14.6 Å². The monoisotopic (exact) mass is 316 g/mol. The average molecular weight is 316 g/mol. The number of hydrogen-bond donors (Lipinski definition) is 1. The maximum Gasteiger partial charge on any atom is 0.314 e. The molecular formula is C18H20O5. The van der Waals surface area contributed by atoms with Crippen LogP contribution in [0.25, 0.3) is 0 Å². The molecule has 6 rings (SSSR count). The smallest absolute Gasteiger partial charge is 0.314 e. The predicted octanol–water partition coefficient (Wildman–Crippen LogP) is 1.76. The molecule has 122 valence electrons. The largest absolute Gasteiger partial charge is 0.481 e. The summed E-state index contributed by atoms with van der Waals surface area (Å²) in [5.41, 5.74) is -0.462. The van der Waals surface area contributed by atoms with Gasteiger partial charge in [0.05, 0.1) is 12.2 Å². The second-order valence-corrected chi connectivity index (χ2v) is 9.08. The molecule has 3 saturated carbocycles.